The van der Waals surface area contributed by atoms with E-state index in [-0.39, 0.29) is 42.2 Å². The average molecular weight is 509 g/mol. The number of amides is 2. The van der Waals surface area contributed by atoms with Crippen molar-refractivity contribution in [2.24, 2.45) is 10.9 Å². The van der Waals surface area contributed by atoms with Crippen molar-refractivity contribution < 1.29 is 28.7 Å². The number of hydrogen-bond acceptors (Lipinski definition) is 7. The zero-order valence-electron chi connectivity index (χ0n) is 20.1. The zero-order valence-corrected chi connectivity index (χ0v) is 20.9. The van der Waals surface area contributed by atoms with Gasteiger partial charge >= 0.3 is 11.9 Å². The molecule has 0 radical (unpaired) electrons. The first kappa shape index (κ1) is 25.3. The van der Waals surface area contributed by atoms with E-state index in [1.54, 1.807) is 69.3 Å². The van der Waals surface area contributed by atoms with E-state index >= 15 is 0 Å². The van der Waals surface area contributed by atoms with E-state index in [2.05, 4.69) is 4.99 Å². The number of nitrogens with zero attached hydrogens (tertiary/aromatic N) is 2. The van der Waals surface area contributed by atoms with Gasteiger partial charge in [0.05, 0.1) is 42.2 Å². The number of carbonyl (C=O) groups is 4. The van der Waals surface area contributed by atoms with E-state index in [9.17, 15) is 19.2 Å². The fourth-order valence-corrected chi connectivity index (χ4v) is 4.83. The van der Waals surface area contributed by atoms with Crippen LogP contribution in [0.3, 0.4) is 0 Å². The van der Waals surface area contributed by atoms with Crippen LogP contribution in [-0.2, 0) is 19.1 Å². The Balaban J connectivity index is 1.87. The number of esters is 2. The average Bonchev–Trinajstić information content (AvgIpc) is 3.09. The summed E-state index contributed by atoms with van der Waals surface area (Å²) in [5, 5.41) is 0.417. The normalized spacial score (nSPS) is 19.2. The van der Waals surface area contributed by atoms with E-state index in [0.29, 0.717) is 16.3 Å². The topological polar surface area (TPSA) is 102 Å². The fourth-order valence-electron chi connectivity index (χ4n) is 4.63. The van der Waals surface area contributed by atoms with Crippen LogP contribution in [0.4, 0.5) is 0 Å². The van der Waals surface area contributed by atoms with Gasteiger partial charge in [-0.3, -0.25) is 24.3 Å². The maximum atomic E-state index is 13.3. The first-order chi connectivity index (χ1) is 17.3. The van der Waals surface area contributed by atoms with Crippen LogP contribution in [0.5, 0.6) is 0 Å². The molecule has 2 aromatic carbocycles. The summed E-state index contributed by atoms with van der Waals surface area (Å²) >= 11 is 6.26. The standard InChI is InChI=1S/C27H25ClN2O6/c1-4-35-26(33)21-15(3)29-20(14-30-24(31)18-11-6-7-12-19(18)25(30)32)23(27(34)36-5-2)22(21)16-9-8-10-17(28)13-16/h6-13,21-22H,4-5,14H2,1-3H3. The lowest BCUT2D eigenvalue weighted by atomic mass is 9.75. The largest absolute Gasteiger partial charge is 0.465 e. The van der Waals surface area contributed by atoms with E-state index < -0.39 is 35.6 Å². The molecular weight excluding hydrogens is 484 g/mol. The lowest BCUT2D eigenvalue weighted by molar-refractivity contribution is -0.146. The fraction of sp³-hybridized carbons (Fsp3) is 0.296. The number of carbonyl (C=O) groups excluding carboxylic acids is 4. The molecule has 2 aliphatic rings. The summed E-state index contributed by atoms with van der Waals surface area (Å²) in [7, 11) is 0. The van der Waals surface area contributed by atoms with E-state index in [1.807, 2.05) is 0 Å². The Labute approximate surface area is 213 Å². The summed E-state index contributed by atoms with van der Waals surface area (Å²) in [6, 6.07) is 13.3. The predicted molar refractivity (Wildman–Crippen MR) is 133 cm³/mol. The number of rotatable bonds is 7. The van der Waals surface area contributed by atoms with Crippen LogP contribution in [0.15, 0.2) is 64.8 Å². The van der Waals surface area contributed by atoms with E-state index in [0.717, 1.165) is 4.90 Å². The van der Waals surface area contributed by atoms with Crippen LogP contribution in [0.2, 0.25) is 5.02 Å². The molecular formula is C27H25ClN2O6. The lowest BCUT2D eigenvalue weighted by Gasteiger charge is -2.33. The number of aliphatic imine (C=N–C) groups is 1. The first-order valence-electron chi connectivity index (χ1n) is 11.6. The Morgan fingerprint density at radius 3 is 2.19 bits per heavy atom. The third-order valence-corrected chi connectivity index (χ3v) is 6.38. The van der Waals surface area contributed by atoms with Gasteiger partial charge in [-0.1, -0.05) is 35.9 Å². The Morgan fingerprint density at radius 1 is 0.972 bits per heavy atom. The smallest absolute Gasteiger partial charge is 0.336 e. The van der Waals surface area contributed by atoms with Gasteiger partial charge in [0.25, 0.3) is 11.8 Å². The second-order valence-corrected chi connectivity index (χ2v) is 8.77. The third kappa shape index (κ3) is 4.56. The Bertz CT molecular complexity index is 1280. The summed E-state index contributed by atoms with van der Waals surface area (Å²) in [6.07, 6.45) is 0. The zero-order chi connectivity index (χ0) is 26.0. The summed E-state index contributed by atoms with van der Waals surface area (Å²) in [5.74, 6) is -3.97. The highest BCUT2D eigenvalue weighted by molar-refractivity contribution is 6.30. The molecule has 2 amide bonds. The molecule has 36 heavy (non-hydrogen) atoms. The number of fused-ring (bicyclic) bond motifs is 1. The predicted octanol–water partition coefficient (Wildman–Crippen LogP) is 4.19. The minimum absolute atomic E-state index is 0.0810. The van der Waals surface area contributed by atoms with Crippen LogP contribution in [0.1, 0.15) is 53.0 Å². The van der Waals surface area contributed by atoms with Crippen molar-refractivity contribution in [3.8, 4) is 0 Å². The van der Waals surface area contributed by atoms with Gasteiger partial charge in [0.15, 0.2) is 0 Å². The highest BCUT2D eigenvalue weighted by Crippen LogP contribution is 2.41. The summed E-state index contributed by atoms with van der Waals surface area (Å²) < 4.78 is 10.7. The second kappa shape index (κ2) is 10.5. The van der Waals surface area contributed by atoms with Crippen molar-refractivity contribution in [1.82, 2.24) is 4.90 Å². The Morgan fingerprint density at radius 2 is 1.61 bits per heavy atom. The number of ether oxygens (including phenoxy) is 2. The van der Waals surface area contributed by atoms with Crippen LogP contribution in [0, 0.1) is 5.92 Å². The summed E-state index contributed by atoms with van der Waals surface area (Å²) in [5.41, 5.74) is 1.79. The van der Waals surface area contributed by atoms with Gasteiger partial charge in [-0.25, -0.2) is 4.79 Å². The molecule has 0 saturated heterocycles. The van der Waals surface area contributed by atoms with Gasteiger partial charge < -0.3 is 9.47 Å². The summed E-state index contributed by atoms with van der Waals surface area (Å²) in [4.78, 5) is 58.1. The van der Waals surface area contributed by atoms with Gasteiger partial charge in [-0.2, -0.15) is 0 Å². The van der Waals surface area contributed by atoms with Gasteiger partial charge in [0.1, 0.15) is 5.92 Å². The van der Waals surface area contributed by atoms with Crippen molar-refractivity contribution >= 4 is 41.1 Å². The monoisotopic (exact) mass is 508 g/mol. The molecule has 2 atom stereocenters. The van der Waals surface area contributed by atoms with Crippen LogP contribution >= 0.6 is 11.6 Å². The SMILES string of the molecule is CCOC(=O)C1=C(CN2C(=O)c3ccccc3C2=O)N=C(C)C(C(=O)OCC)C1c1cccc(Cl)c1. The summed E-state index contributed by atoms with van der Waals surface area (Å²) in [6.45, 7) is 4.98. The minimum atomic E-state index is -0.922. The molecule has 0 saturated carbocycles. The van der Waals surface area contributed by atoms with Gasteiger partial charge in [-0.15, -0.1) is 0 Å². The number of hydrogen-bond donors (Lipinski definition) is 0. The van der Waals surface area contributed by atoms with Gasteiger partial charge in [0, 0.05) is 16.7 Å². The molecule has 0 aliphatic carbocycles. The van der Waals surface area contributed by atoms with Crippen molar-refractivity contribution in [2.45, 2.75) is 26.7 Å². The molecule has 2 heterocycles. The third-order valence-electron chi connectivity index (χ3n) is 6.15. The molecule has 4 rings (SSSR count). The molecule has 2 aromatic rings. The van der Waals surface area contributed by atoms with Gasteiger partial charge in [0.2, 0.25) is 0 Å². The van der Waals surface area contributed by atoms with Crippen LogP contribution < -0.4 is 0 Å². The number of imide groups is 1. The van der Waals surface area contributed by atoms with Crippen molar-refractivity contribution in [3.05, 3.63) is 81.5 Å². The molecule has 2 aliphatic heterocycles. The minimum Gasteiger partial charge on any atom is -0.465 e. The first-order valence-corrected chi connectivity index (χ1v) is 12.0. The van der Waals surface area contributed by atoms with Gasteiger partial charge in [-0.05, 0) is 50.6 Å². The quantitative estimate of drug-likeness (QED) is 0.410. The maximum Gasteiger partial charge on any atom is 0.336 e. The maximum absolute atomic E-state index is 13.3. The highest BCUT2D eigenvalue weighted by atomic mass is 35.5. The van der Waals surface area contributed by atoms with Crippen molar-refractivity contribution in [2.75, 3.05) is 19.8 Å². The molecule has 0 aromatic heterocycles. The van der Waals surface area contributed by atoms with Crippen LogP contribution in [0.25, 0.3) is 0 Å². The molecule has 0 spiro atoms. The Kier molecular flexibility index (Phi) is 7.35. The molecule has 0 bridgehead atoms. The van der Waals surface area contributed by atoms with Crippen LogP contribution in [-0.4, -0.2) is 54.1 Å². The molecule has 0 fully saturated rings. The molecule has 8 nitrogen and oxygen atoms in total. The highest BCUT2D eigenvalue weighted by Gasteiger charge is 2.45. The molecule has 9 heteroatoms. The van der Waals surface area contributed by atoms with Crippen molar-refractivity contribution in [1.29, 1.82) is 0 Å². The molecule has 2 unspecified atom stereocenters. The Hall–Kier alpha value is -3.78. The lowest BCUT2D eigenvalue weighted by Crippen LogP contribution is -2.39. The molecule has 186 valence electrons. The van der Waals surface area contributed by atoms with E-state index in [1.165, 1.54) is 0 Å². The molecule has 0 N–H and O–H groups in total. The number of benzene rings is 2. The second-order valence-electron chi connectivity index (χ2n) is 8.34. The van der Waals surface area contributed by atoms with E-state index in [4.69, 9.17) is 21.1 Å². The number of halogens is 1. The van der Waals surface area contributed by atoms with Crippen molar-refractivity contribution in [3.63, 3.8) is 0 Å².